The predicted molar refractivity (Wildman–Crippen MR) is 101 cm³/mol. The Labute approximate surface area is 151 Å². The smallest absolute Gasteiger partial charge is 0.166 e. The number of rotatable bonds is 5. The van der Waals surface area contributed by atoms with E-state index in [1.165, 1.54) is 12.1 Å². The maximum atomic E-state index is 13.5. The Morgan fingerprint density at radius 2 is 1.96 bits per heavy atom. The molecule has 0 atom stereocenters. The molecule has 0 amide bonds. The Morgan fingerprint density at radius 1 is 1.23 bits per heavy atom. The van der Waals surface area contributed by atoms with Gasteiger partial charge >= 0.3 is 0 Å². The Kier molecular flexibility index (Phi) is 4.73. The molecule has 1 aromatic carbocycles. The Balaban J connectivity index is 2.09. The number of aryl methyl sites for hydroxylation is 1. The molecule has 0 aliphatic carbocycles. The second-order valence-corrected chi connectivity index (χ2v) is 6.29. The average molecular weight is 355 g/mol. The third-order valence-corrected chi connectivity index (χ3v) is 4.61. The molecule has 2 heterocycles. The normalized spacial score (nSPS) is 12.3. The lowest BCUT2D eigenvalue weighted by Crippen LogP contribution is -2.22. The number of imidazole rings is 1. The fourth-order valence-corrected chi connectivity index (χ4v) is 2.78. The third kappa shape index (κ3) is 3.30. The number of nitrogens with two attached hydrogens (primary N) is 1. The Hall–Kier alpha value is -2.80. The second kappa shape index (κ2) is 6.84. The molecule has 0 unspecified atom stereocenters. The molecule has 0 saturated carbocycles. The monoisotopic (exact) mass is 355 g/mol. The van der Waals surface area contributed by atoms with E-state index in [0.29, 0.717) is 41.2 Å². The van der Waals surface area contributed by atoms with E-state index in [2.05, 4.69) is 15.0 Å². The SMILES string of the molecule is CCC(O)(C=Cc1nc(N)c2nc(-c3cccc(F)c3)n(C)c2n1)CC. The van der Waals surface area contributed by atoms with Gasteiger partial charge in [-0.15, -0.1) is 0 Å². The maximum absolute atomic E-state index is 13.5. The first-order chi connectivity index (χ1) is 12.4. The summed E-state index contributed by atoms with van der Waals surface area (Å²) < 4.78 is 15.3. The van der Waals surface area contributed by atoms with Gasteiger partial charge in [0.25, 0.3) is 0 Å². The summed E-state index contributed by atoms with van der Waals surface area (Å²) in [6.45, 7) is 3.83. The van der Waals surface area contributed by atoms with Crippen molar-refractivity contribution < 1.29 is 9.50 Å². The summed E-state index contributed by atoms with van der Waals surface area (Å²) in [5.41, 5.74) is 6.80. The zero-order valence-electron chi connectivity index (χ0n) is 15.1. The highest BCUT2D eigenvalue weighted by Gasteiger charge is 2.19. The number of benzene rings is 1. The van der Waals surface area contributed by atoms with Gasteiger partial charge in [-0.05, 0) is 37.1 Å². The molecule has 2 aromatic heterocycles. The molecule has 0 spiro atoms. The molecule has 0 bridgehead atoms. The van der Waals surface area contributed by atoms with Crippen molar-refractivity contribution in [2.75, 3.05) is 5.73 Å². The van der Waals surface area contributed by atoms with Crippen molar-refractivity contribution in [2.24, 2.45) is 7.05 Å². The minimum atomic E-state index is -0.897. The maximum Gasteiger partial charge on any atom is 0.166 e. The van der Waals surface area contributed by atoms with Gasteiger partial charge in [-0.2, -0.15) is 0 Å². The molecular weight excluding hydrogens is 333 g/mol. The molecule has 0 saturated heterocycles. The number of anilines is 1. The lowest BCUT2D eigenvalue weighted by atomic mass is 9.97. The van der Waals surface area contributed by atoms with Crippen molar-refractivity contribution in [1.82, 2.24) is 19.5 Å². The van der Waals surface area contributed by atoms with Gasteiger partial charge in [0.05, 0.1) is 5.60 Å². The van der Waals surface area contributed by atoms with E-state index in [4.69, 9.17) is 5.73 Å². The number of aromatic nitrogens is 4. The van der Waals surface area contributed by atoms with Crippen LogP contribution in [0.2, 0.25) is 0 Å². The van der Waals surface area contributed by atoms with Gasteiger partial charge in [-0.25, -0.2) is 19.3 Å². The highest BCUT2D eigenvalue weighted by Crippen LogP contribution is 2.26. The first-order valence-corrected chi connectivity index (χ1v) is 8.54. The molecule has 26 heavy (non-hydrogen) atoms. The fraction of sp³-hybridized carbons (Fsp3) is 0.316. The zero-order chi connectivity index (χ0) is 18.9. The number of nitrogen functional groups attached to an aromatic ring is 1. The van der Waals surface area contributed by atoms with Crippen LogP contribution in [-0.2, 0) is 7.05 Å². The Bertz CT molecular complexity index is 975. The number of nitrogens with zero attached hydrogens (tertiary/aromatic N) is 4. The van der Waals surface area contributed by atoms with Crippen LogP contribution in [0.5, 0.6) is 0 Å². The number of fused-ring (bicyclic) bond motifs is 1. The van der Waals surface area contributed by atoms with Crippen LogP contribution in [0.25, 0.3) is 28.6 Å². The van der Waals surface area contributed by atoms with Crippen LogP contribution in [-0.4, -0.2) is 30.2 Å². The largest absolute Gasteiger partial charge is 0.386 e. The molecule has 136 valence electrons. The van der Waals surface area contributed by atoms with Gasteiger partial charge < -0.3 is 15.4 Å². The molecule has 7 heteroatoms. The fourth-order valence-electron chi connectivity index (χ4n) is 2.78. The van der Waals surface area contributed by atoms with E-state index in [1.807, 2.05) is 13.8 Å². The summed E-state index contributed by atoms with van der Waals surface area (Å²) in [6.07, 6.45) is 4.54. The summed E-state index contributed by atoms with van der Waals surface area (Å²) in [6, 6.07) is 6.20. The molecule has 0 aliphatic rings. The van der Waals surface area contributed by atoms with E-state index in [1.54, 1.807) is 35.9 Å². The van der Waals surface area contributed by atoms with E-state index in [0.717, 1.165) is 0 Å². The van der Waals surface area contributed by atoms with Crippen LogP contribution in [0, 0.1) is 5.82 Å². The second-order valence-electron chi connectivity index (χ2n) is 6.29. The van der Waals surface area contributed by atoms with Crippen molar-refractivity contribution in [3.8, 4) is 11.4 Å². The van der Waals surface area contributed by atoms with E-state index in [-0.39, 0.29) is 11.6 Å². The number of hydrogen-bond acceptors (Lipinski definition) is 5. The average Bonchev–Trinajstić information content (AvgIpc) is 2.97. The lowest BCUT2D eigenvalue weighted by molar-refractivity contribution is 0.0836. The van der Waals surface area contributed by atoms with Crippen LogP contribution in [0.3, 0.4) is 0 Å². The number of hydrogen-bond donors (Lipinski definition) is 2. The Morgan fingerprint density at radius 3 is 2.62 bits per heavy atom. The highest BCUT2D eigenvalue weighted by molar-refractivity contribution is 5.86. The quantitative estimate of drug-likeness (QED) is 0.733. The number of halogens is 1. The third-order valence-electron chi connectivity index (χ3n) is 4.61. The minimum Gasteiger partial charge on any atom is -0.386 e. The van der Waals surface area contributed by atoms with E-state index in [9.17, 15) is 9.50 Å². The standard InChI is InChI=1S/C19H22FN5O/c1-4-19(26,5-2)10-9-14-22-16(21)15-18(23-14)25(3)17(24-15)12-7-6-8-13(20)11-12/h6-11,26H,4-5H2,1-3H3,(H2,21,22,23). The van der Waals surface area contributed by atoms with Crippen LogP contribution in [0.1, 0.15) is 32.5 Å². The molecule has 3 N–H and O–H groups in total. The van der Waals surface area contributed by atoms with Crippen molar-refractivity contribution >= 4 is 23.1 Å². The van der Waals surface area contributed by atoms with Crippen molar-refractivity contribution in [1.29, 1.82) is 0 Å². The van der Waals surface area contributed by atoms with Crippen LogP contribution in [0.4, 0.5) is 10.2 Å². The van der Waals surface area contributed by atoms with Crippen molar-refractivity contribution in [2.45, 2.75) is 32.3 Å². The van der Waals surface area contributed by atoms with Gasteiger partial charge in [0.2, 0.25) is 0 Å². The summed E-state index contributed by atoms with van der Waals surface area (Å²) in [5, 5.41) is 10.4. The summed E-state index contributed by atoms with van der Waals surface area (Å²) in [4.78, 5) is 13.2. The van der Waals surface area contributed by atoms with Crippen LogP contribution in [0.15, 0.2) is 30.3 Å². The van der Waals surface area contributed by atoms with Crippen molar-refractivity contribution in [3.05, 3.63) is 42.0 Å². The molecule has 0 aliphatic heterocycles. The van der Waals surface area contributed by atoms with Crippen LogP contribution < -0.4 is 5.73 Å². The van der Waals surface area contributed by atoms with Crippen molar-refractivity contribution in [3.63, 3.8) is 0 Å². The first-order valence-electron chi connectivity index (χ1n) is 8.54. The van der Waals surface area contributed by atoms with Gasteiger partial charge in [0, 0.05) is 12.6 Å². The zero-order valence-corrected chi connectivity index (χ0v) is 15.1. The molecule has 3 rings (SSSR count). The topological polar surface area (TPSA) is 89.9 Å². The van der Waals surface area contributed by atoms with Gasteiger partial charge in [0.1, 0.15) is 11.6 Å². The predicted octanol–water partition coefficient (Wildman–Crippen LogP) is 3.32. The van der Waals surface area contributed by atoms with E-state index < -0.39 is 5.60 Å². The van der Waals surface area contributed by atoms with Gasteiger partial charge in [0.15, 0.2) is 22.8 Å². The summed E-state index contributed by atoms with van der Waals surface area (Å²) in [5.74, 6) is 0.851. The lowest BCUT2D eigenvalue weighted by Gasteiger charge is -2.20. The molecule has 3 aromatic rings. The molecule has 6 nitrogen and oxygen atoms in total. The number of aliphatic hydroxyl groups is 1. The van der Waals surface area contributed by atoms with Gasteiger partial charge in [-0.1, -0.05) is 26.0 Å². The molecule has 0 fully saturated rings. The highest BCUT2D eigenvalue weighted by atomic mass is 19.1. The minimum absolute atomic E-state index is 0.240. The molecular formula is C19H22FN5O. The summed E-state index contributed by atoms with van der Waals surface area (Å²) in [7, 11) is 1.80. The van der Waals surface area contributed by atoms with Gasteiger partial charge in [-0.3, -0.25) is 0 Å². The first kappa shape index (κ1) is 18.0. The summed E-state index contributed by atoms with van der Waals surface area (Å²) >= 11 is 0. The molecule has 0 radical (unpaired) electrons. The van der Waals surface area contributed by atoms with Crippen LogP contribution >= 0.6 is 0 Å². The van der Waals surface area contributed by atoms with E-state index >= 15 is 0 Å².